The standard InChI is InChI=1S/C19H27N3O3/c23-18-2-1-15-12-21(19(24)16-6-10-25-13-16)9-5-17(15)22(18)11-14-3-7-20-8-4-14/h6,10,13-15,17,20H,1-5,7-9,11-12H2. The van der Waals surface area contributed by atoms with Crippen LogP contribution in [0.25, 0.3) is 0 Å². The molecule has 6 nitrogen and oxygen atoms in total. The third-order valence-corrected chi connectivity index (χ3v) is 6.11. The van der Waals surface area contributed by atoms with E-state index in [9.17, 15) is 9.59 Å². The number of rotatable bonds is 3. The molecule has 2 unspecified atom stereocenters. The maximum Gasteiger partial charge on any atom is 0.257 e. The van der Waals surface area contributed by atoms with E-state index in [1.54, 1.807) is 12.3 Å². The highest BCUT2D eigenvalue weighted by Crippen LogP contribution is 2.33. The van der Waals surface area contributed by atoms with Gasteiger partial charge in [0.1, 0.15) is 6.26 Å². The fourth-order valence-corrected chi connectivity index (χ4v) is 4.68. The third kappa shape index (κ3) is 3.45. The van der Waals surface area contributed by atoms with Gasteiger partial charge in [-0.1, -0.05) is 0 Å². The first-order valence-corrected chi connectivity index (χ1v) is 9.54. The fraction of sp³-hybridized carbons (Fsp3) is 0.684. The van der Waals surface area contributed by atoms with Gasteiger partial charge in [0.05, 0.1) is 11.8 Å². The molecule has 2 amide bonds. The van der Waals surface area contributed by atoms with Crippen LogP contribution in [-0.4, -0.2) is 60.4 Å². The normalized spacial score (nSPS) is 28.1. The molecule has 0 saturated carbocycles. The van der Waals surface area contributed by atoms with E-state index < -0.39 is 0 Å². The molecule has 3 aliphatic heterocycles. The lowest BCUT2D eigenvalue weighted by Crippen LogP contribution is -2.58. The van der Waals surface area contributed by atoms with Crippen molar-refractivity contribution in [2.45, 2.75) is 38.1 Å². The van der Waals surface area contributed by atoms with E-state index in [1.165, 1.54) is 6.26 Å². The summed E-state index contributed by atoms with van der Waals surface area (Å²) < 4.78 is 5.04. The van der Waals surface area contributed by atoms with Crippen molar-refractivity contribution in [1.82, 2.24) is 15.1 Å². The van der Waals surface area contributed by atoms with E-state index >= 15 is 0 Å². The summed E-state index contributed by atoms with van der Waals surface area (Å²) >= 11 is 0. The maximum absolute atomic E-state index is 12.6. The first kappa shape index (κ1) is 16.6. The minimum absolute atomic E-state index is 0.0500. The van der Waals surface area contributed by atoms with Crippen LogP contribution < -0.4 is 5.32 Å². The van der Waals surface area contributed by atoms with Crippen molar-refractivity contribution in [2.24, 2.45) is 11.8 Å². The van der Waals surface area contributed by atoms with Gasteiger partial charge in [-0.05, 0) is 56.7 Å². The van der Waals surface area contributed by atoms with Crippen LogP contribution in [0.3, 0.4) is 0 Å². The second kappa shape index (κ2) is 7.20. The molecule has 1 aromatic rings. The van der Waals surface area contributed by atoms with E-state index in [4.69, 9.17) is 4.42 Å². The molecule has 0 aromatic carbocycles. The SMILES string of the molecule is O=C(c1ccoc1)N1CCC2C(CCC(=O)N2CC2CCNCC2)C1. The van der Waals surface area contributed by atoms with Crippen LogP contribution >= 0.6 is 0 Å². The number of hydrogen-bond donors (Lipinski definition) is 1. The molecular formula is C19H27N3O3. The Hall–Kier alpha value is -1.82. The quantitative estimate of drug-likeness (QED) is 0.906. The Morgan fingerprint density at radius 1 is 1.24 bits per heavy atom. The van der Waals surface area contributed by atoms with Crippen LogP contribution in [-0.2, 0) is 4.79 Å². The maximum atomic E-state index is 12.6. The third-order valence-electron chi connectivity index (χ3n) is 6.11. The zero-order valence-electron chi connectivity index (χ0n) is 14.7. The van der Waals surface area contributed by atoms with E-state index in [2.05, 4.69) is 10.2 Å². The van der Waals surface area contributed by atoms with Crippen molar-refractivity contribution in [3.8, 4) is 0 Å². The first-order valence-electron chi connectivity index (χ1n) is 9.54. The average molecular weight is 345 g/mol. The lowest BCUT2D eigenvalue weighted by Gasteiger charge is -2.48. The highest BCUT2D eigenvalue weighted by atomic mass is 16.3. The minimum Gasteiger partial charge on any atom is -0.472 e. The van der Waals surface area contributed by atoms with Crippen molar-refractivity contribution in [3.63, 3.8) is 0 Å². The van der Waals surface area contributed by atoms with Gasteiger partial charge in [0.25, 0.3) is 5.91 Å². The van der Waals surface area contributed by atoms with Crippen molar-refractivity contribution in [1.29, 1.82) is 0 Å². The monoisotopic (exact) mass is 345 g/mol. The van der Waals surface area contributed by atoms with Crippen LogP contribution in [0.1, 0.15) is 42.5 Å². The molecule has 4 heterocycles. The smallest absolute Gasteiger partial charge is 0.257 e. The molecule has 25 heavy (non-hydrogen) atoms. The number of carbonyl (C=O) groups excluding carboxylic acids is 2. The number of nitrogens with zero attached hydrogens (tertiary/aromatic N) is 2. The van der Waals surface area contributed by atoms with Gasteiger partial charge < -0.3 is 19.5 Å². The number of carbonyl (C=O) groups is 2. The van der Waals surface area contributed by atoms with Crippen LogP contribution in [0, 0.1) is 11.8 Å². The van der Waals surface area contributed by atoms with E-state index in [0.29, 0.717) is 35.8 Å². The number of hydrogen-bond acceptors (Lipinski definition) is 4. The van der Waals surface area contributed by atoms with Gasteiger partial charge in [-0.3, -0.25) is 9.59 Å². The predicted octanol–water partition coefficient (Wildman–Crippen LogP) is 1.73. The van der Waals surface area contributed by atoms with Crippen LogP contribution in [0.2, 0.25) is 0 Å². The molecule has 3 fully saturated rings. The summed E-state index contributed by atoms with van der Waals surface area (Å²) in [7, 11) is 0. The van der Waals surface area contributed by atoms with Gasteiger partial charge in [-0.2, -0.15) is 0 Å². The summed E-state index contributed by atoms with van der Waals surface area (Å²) in [6.07, 6.45) is 7.80. The second-order valence-electron chi connectivity index (χ2n) is 7.66. The topological polar surface area (TPSA) is 65.8 Å². The van der Waals surface area contributed by atoms with Crippen LogP contribution in [0.4, 0.5) is 0 Å². The van der Waals surface area contributed by atoms with Crippen molar-refractivity contribution < 1.29 is 14.0 Å². The van der Waals surface area contributed by atoms with Crippen molar-refractivity contribution >= 4 is 11.8 Å². The molecule has 2 atom stereocenters. The summed E-state index contributed by atoms with van der Waals surface area (Å²) in [5, 5.41) is 3.40. The lowest BCUT2D eigenvalue weighted by atomic mass is 9.82. The van der Waals surface area contributed by atoms with Crippen LogP contribution in [0.5, 0.6) is 0 Å². The molecule has 0 aliphatic carbocycles. The zero-order chi connectivity index (χ0) is 17.2. The van der Waals surface area contributed by atoms with Gasteiger partial charge in [-0.25, -0.2) is 0 Å². The number of furan rings is 1. The molecule has 6 heteroatoms. The fourth-order valence-electron chi connectivity index (χ4n) is 4.68. The molecule has 136 valence electrons. The summed E-state index contributed by atoms with van der Waals surface area (Å²) in [4.78, 5) is 29.2. The number of fused-ring (bicyclic) bond motifs is 1. The molecule has 1 N–H and O–H groups in total. The second-order valence-corrected chi connectivity index (χ2v) is 7.66. The van der Waals surface area contributed by atoms with Gasteiger partial charge >= 0.3 is 0 Å². The molecule has 0 spiro atoms. The molecule has 1 aromatic heterocycles. The summed E-state index contributed by atoms with van der Waals surface area (Å²) in [6, 6.07) is 2.03. The highest BCUT2D eigenvalue weighted by Gasteiger charge is 2.41. The molecule has 3 saturated heterocycles. The van der Waals surface area contributed by atoms with E-state index in [0.717, 1.165) is 58.4 Å². The molecule has 3 aliphatic rings. The highest BCUT2D eigenvalue weighted by molar-refractivity contribution is 5.94. The van der Waals surface area contributed by atoms with Crippen molar-refractivity contribution in [3.05, 3.63) is 24.2 Å². The minimum atomic E-state index is 0.0500. The lowest BCUT2D eigenvalue weighted by molar-refractivity contribution is -0.141. The van der Waals surface area contributed by atoms with Crippen LogP contribution in [0.15, 0.2) is 23.0 Å². The number of piperidine rings is 3. The van der Waals surface area contributed by atoms with E-state index in [1.807, 2.05) is 4.90 Å². The Labute approximate surface area is 148 Å². The predicted molar refractivity (Wildman–Crippen MR) is 93.0 cm³/mol. The largest absolute Gasteiger partial charge is 0.472 e. The summed E-state index contributed by atoms with van der Waals surface area (Å²) in [6.45, 7) is 4.50. The summed E-state index contributed by atoms with van der Waals surface area (Å²) in [5.41, 5.74) is 0.622. The Kier molecular flexibility index (Phi) is 4.79. The molecule has 4 rings (SSSR count). The Bertz CT molecular complexity index is 609. The van der Waals surface area contributed by atoms with Gasteiger partial charge in [0, 0.05) is 32.1 Å². The van der Waals surface area contributed by atoms with Crippen molar-refractivity contribution in [2.75, 3.05) is 32.7 Å². The van der Waals surface area contributed by atoms with Gasteiger partial charge in [0.2, 0.25) is 5.91 Å². The first-order chi connectivity index (χ1) is 12.2. The molecular weight excluding hydrogens is 318 g/mol. The Morgan fingerprint density at radius 3 is 2.84 bits per heavy atom. The van der Waals surface area contributed by atoms with Gasteiger partial charge in [0.15, 0.2) is 0 Å². The van der Waals surface area contributed by atoms with E-state index in [-0.39, 0.29) is 5.91 Å². The number of amides is 2. The Balaban J connectivity index is 1.41. The number of likely N-dealkylation sites (tertiary alicyclic amines) is 2. The average Bonchev–Trinajstić information content (AvgIpc) is 3.19. The number of nitrogens with one attached hydrogen (secondary N) is 1. The van der Waals surface area contributed by atoms with Gasteiger partial charge in [-0.15, -0.1) is 0 Å². The molecule has 0 radical (unpaired) electrons. The Morgan fingerprint density at radius 2 is 2.08 bits per heavy atom. The summed E-state index contributed by atoms with van der Waals surface area (Å²) in [5.74, 6) is 1.39. The zero-order valence-corrected chi connectivity index (χ0v) is 14.7. The molecule has 0 bridgehead atoms.